The second-order valence-electron chi connectivity index (χ2n) is 5.32. The van der Waals surface area contributed by atoms with Crippen LogP contribution in [0.2, 0.25) is 0 Å². The van der Waals surface area contributed by atoms with Gasteiger partial charge in [0.25, 0.3) is 0 Å². The van der Waals surface area contributed by atoms with Crippen LogP contribution in [-0.2, 0) is 9.53 Å². The number of rotatable bonds is 4. The van der Waals surface area contributed by atoms with Crippen molar-refractivity contribution < 1.29 is 14.6 Å². The van der Waals surface area contributed by atoms with Crippen LogP contribution in [0.1, 0.15) is 32.1 Å². The molecule has 5 nitrogen and oxygen atoms in total. The summed E-state index contributed by atoms with van der Waals surface area (Å²) < 4.78 is 5.49. The van der Waals surface area contributed by atoms with E-state index in [1.54, 1.807) is 0 Å². The fourth-order valence-electron chi connectivity index (χ4n) is 2.99. The Hall–Kier alpha value is -0.650. The van der Waals surface area contributed by atoms with E-state index in [2.05, 4.69) is 0 Å². The molecule has 104 valence electrons. The summed E-state index contributed by atoms with van der Waals surface area (Å²) >= 11 is 0. The van der Waals surface area contributed by atoms with Crippen molar-refractivity contribution in [1.82, 2.24) is 4.90 Å². The van der Waals surface area contributed by atoms with E-state index in [0.29, 0.717) is 6.61 Å². The van der Waals surface area contributed by atoms with Gasteiger partial charge in [0, 0.05) is 19.1 Å². The highest BCUT2D eigenvalue weighted by Crippen LogP contribution is 2.27. The molecule has 18 heavy (non-hydrogen) atoms. The van der Waals surface area contributed by atoms with Crippen molar-refractivity contribution in [2.24, 2.45) is 11.7 Å². The van der Waals surface area contributed by atoms with Crippen molar-refractivity contribution in [3.63, 3.8) is 0 Å². The highest BCUT2D eigenvalue weighted by Gasteiger charge is 2.34. The van der Waals surface area contributed by atoms with Crippen molar-refractivity contribution in [3.8, 4) is 0 Å². The molecule has 1 amide bonds. The molecule has 1 saturated heterocycles. The van der Waals surface area contributed by atoms with E-state index in [0.717, 1.165) is 45.2 Å². The Morgan fingerprint density at radius 1 is 1.28 bits per heavy atom. The van der Waals surface area contributed by atoms with Gasteiger partial charge in [0.1, 0.15) is 0 Å². The lowest BCUT2D eigenvalue weighted by atomic mass is 10.00. The Balaban J connectivity index is 1.77. The molecule has 0 radical (unpaired) electrons. The summed E-state index contributed by atoms with van der Waals surface area (Å²) in [6.07, 6.45) is 4.93. The highest BCUT2D eigenvalue weighted by molar-refractivity contribution is 5.80. The number of aliphatic hydroxyl groups is 1. The van der Waals surface area contributed by atoms with Crippen molar-refractivity contribution in [3.05, 3.63) is 0 Å². The molecule has 1 aliphatic carbocycles. The molecule has 3 N–H and O–H groups in total. The van der Waals surface area contributed by atoms with E-state index < -0.39 is 0 Å². The molecule has 2 rings (SSSR count). The smallest absolute Gasteiger partial charge is 0.227 e. The first-order valence-electron chi connectivity index (χ1n) is 6.99. The van der Waals surface area contributed by atoms with Gasteiger partial charge >= 0.3 is 0 Å². The van der Waals surface area contributed by atoms with Crippen molar-refractivity contribution in [2.45, 2.75) is 44.2 Å². The lowest BCUT2D eigenvalue weighted by molar-refractivity contribution is -0.138. The van der Waals surface area contributed by atoms with Crippen LogP contribution < -0.4 is 5.73 Å². The third-order valence-electron chi connectivity index (χ3n) is 4.09. The first kappa shape index (κ1) is 13.8. The zero-order valence-electron chi connectivity index (χ0n) is 10.9. The molecule has 0 aromatic rings. The predicted molar refractivity (Wildman–Crippen MR) is 68.0 cm³/mol. The maximum Gasteiger partial charge on any atom is 0.227 e. The Bertz CT molecular complexity index is 277. The summed E-state index contributed by atoms with van der Waals surface area (Å²) in [5, 5.41) is 8.71. The van der Waals surface area contributed by atoms with E-state index in [-0.39, 0.29) is 30.6 Å². The summed E-state index contributed by atoms with van der Waals surface area (Å²) in [4.78, 5) is 14.2. The molecule has 5 heteroatoms. The monoisotopic (exact) mass is 256 g/mol. The number of carbonyl (C=O) groups excluding carboxylic acids is 1. The maximum absolute atomic E-state index is 12.3. The molecule has 1 heterocycles. The quantitative estimate of drug-likeness (QED) is 0.749. The van der Waals surface area contributed by atoms with Gasteiger partial charge in [-0.3, -0.25) is 4.79 Å². The fraction of sp³-hybridized carbons (Fsp3) is 0.923. The molecular formula is C13H24N2O3. The Kier molecular flexibility index (Phi) is 4.97. The van der Waals surface area contributed by atoms with E-state index in [1.165, 1.54) is 0 Å². The first-order valence-corrected chi connectivity index (χ1v) is 6.99. The van der Waals surface area contributed by atoms with Gasteiger partial charge in [0.15, 0.2) is 0 Å². The fourth-order valence-corrected chi connectivity index (χ4v) is 2.99. The van der Waals surface area contributed by atoms with Crippen LogP contribution in [0.15, 0.2) is 0 Å². The van der Waals surface area contributed by atoms with E-state index in [1.807, 2.05) is 4.90 Å². The zero-order chi connectivity index (χ0) is 13.0. The van der Waals surface area contributed by atoms with Crippen molar-refractivity contribution in [2.75, 3.05) is 26.3 Å². The molecule has 2 aliphatic rings. The Morgan fingerprint density at radius 2 is 2.00 bits per heavy atom. The standard InChI is InChI=1S/C13H24N2O3/c14-12-3-1-2-11(12)13(17)15-6-4-10(5-7-15)18-9-8-16/h10-12,16H,1-9,14H2. The summed E-state index contributed by atoms with van der Waals surface area (Å²) in [5.41, 5.74) is 5.98. The number of amides is 1. The second kappa shape index (κ2) is 6.50. The van der Waals surface area contributed by atoms with Gasteiger partial charge in [0.2, 0.25) is 5.91 Å². The number of carbonyl (C=O) groups is 1. The van der Waals surface area contributed by atoms with Crippen molar-refractivity contribution in [1.29, 1.82) is 0 Å². The van der Waals surface area contributed by atoms with Gasteiger partial charge < -0.3 is 20.5 Å². The van der Waals surface area contributed by atoms with Crippen LogP contribution in [0.5, 0.6) is 0 Å². The first-order chi connectivity index (χ1) is 8.72. The van der Waals surface area contributed by atoms with Crippen LogP contribution in [-0.4, -0.2) is 54.4 Å². The normalized spacial score (nSPS) is 29.8. The van der Waals surface area contributed by atoms with Crippen LogP contribution in [0.3, 0.4) is 0 Å². The Labute approximate surface area is 108 Å². The van der Waals surface area contributed by atoms with Gasteiger partial charge in [0.05, 0.1) is 25.2 Å². The third kappa shape index (κ3) is 3.22. The number of aliphatic hydroxyl groups excluding tert-OH is 1. The summed E-state index contributed by atoms with van der Waals surface area (Å²) in [6, 6.07) is 0.0564. The minimum atomic E-state index is 0.0416. The molecule has 0 bridgehead atoms. The maximum atomic E-state index is 12.3. The SMILES string of the molecule is NC1CCCC1C(=O)N1CCC(OCCO)CC1. The van der Waals surface area contributed by atoms with Gasteiger partial charge in [-0.1, -0.05) is 6.42 Å². The lowest BCUT2D eigenvalue weighted by Gasteiger charge is -2.34. The molecular weight excluding hydrogens is 232 g/mol. The molecule has 1 saturated carbocycles. The largest absolute Gasteiger partial charge is 0.394 e. The topological polar surface area (TPSA) is 75.8 Å². The minimum Gasteiger partial charge on any atom is -0.394 e. The highest BCUT2D eigenvalue weighted by atomic mass is 16.5. The number of piperidine rings is 1. The van der Waals surface area contributed by atoms with Crippen LogP contribution >= 0.6 is 0 Å². The Morgan fingerprint density at radius 3 is 2.56 bits per heavy atom. The summed E-state index contributed by atoms with van der Waals surface area (Å²) in [5.74, 6) is 0.278. The number of nitrogens with two attached hydrogens (primary N) is 1. The van der Waals surface area contributed by atoms with Crippen LogP contribution in [0, 0.1) is 5.92 Å². The van der Waals surface area contributed by atoms with Gasteiger partial charge in [-0.25, -0.2) is 0 Å². The molecule has 2 atom stereocenters. The molecule has 2 unspecified atom stereocenters. The average molecular weight is 256 g/mol. The van der Waals surface area contributed by atoms with Crippen LogP contribution in [0.25, 0.3) is 0 Å². The summed E-state index contributed by atoms with van der Waals surface area (Å²) in [7, 11) is 0. The predicted octanol–water partition coefficient (Wildman–Crippen LogP) is 0.114. The van der Waals surface area contributed by atoms with Gasteiger partial charge in [-0.15, -0.1) is 0 Å². The zero-order valence-corrected chi connectivity index (χ0v) is 10.9. The lowest BCUT2D eigenvalue weighted by Crippen LogP contribution is -2.46. The summed E-state index contributed by atoms with van der Waals surface area (Å²) in [6.45, 7) is 1.98. The number of likely N-dealkylation sites (tertiary alicyclic amines) is 1. The number of hydrogen-bond donors (Lipinski definition) is 2. The molecule has 2 fully saturated rings. The van der Waals surface area contributed by atoms with Crippen LogP contribution in [0.4, 0.5) is 0 Å². The number of ether oxygens (including phenoxy) is 1. The van der Waals surface area contributed by atoms with E-state index >= 15 is 0 Å². The third-order valence-corrected chi connectivity index (χ3v) is 4.09. The van der Waals surface area contributed by atoms with E-state index in [4.69, 9.17) is 15.6 Å². The second-order valence-corrected chi connectivity index (χ2v) is 5.32. The average Bonchev–Trinajstić information content (AvgIpc) is 2.82. The molecule has 1 aliphatic heterocycles. The van der Waals surface area contributed by atoms with Gasteiger partial charge in [-0.2, -0.15) is 0 Å². The van der Waals surface area contributed by atoms with E-state index in [9.17, 15) is 4.79 Å². The molecule has 0 spiro atoms. The number of nitrogens with zero attached hydrogens (tertiary/aromatic N) is 1. The number of hydrogen-bond acceptors (Lipinski definition) is 4. The van der Waals surface area contributed by atoms with Gasteiger partial charge in [-0.05, 0) is 25.7 Å². The van der Waals surface area contributed by atoms with Crippen molar-refractivity contribution >= 4 is 5.91 Å². The minimum absolute atomic E-state index is 0.0416. The molecule has 0 aromatic heterocycles. The molecule has 0 aromatic carbocycles.